The summed E-state index contributed by atoms with van der Waals surface area (Å²) in [6.07, 6.45) is 7.81. The van der Waals surface area contributed by atoms with Crippen LogP contribution in [0, 0.1) is 5.92 Å². The molecule has 0 bridgehead atoms. The number of imidazole rings is 1. The molecule has 1 aliphatic heterocycles. The second-order valence-corrected chi connectivity index (χ2v) is 10.0. The van der Waals surface area contributed by atoms with Crippen molar-refractivity contribution in [3.8, 4) is 5.88 Å². The molecule has 0 N–H and O–H groups in total. The van der Waals surface area contributed by atoms with Crippen molar-refractivity contribution in [3.63, 3.8) is 0 Å². The van der Waals surface area contributed by atoms with E-state index in [1.807, 2.05) is 18.3 Å². The van der Waals surface area contributed by atoms with Gasteiger partial charge in [-0.05, 0) is 50.5 Å². The van der Waals surface area contributed by atoms with Crippen molar-refractivity contribution in [1.29, 1.82) is 0 Å². The van der Waals surface area contributed by atoms with Gasteiger partial charge < -0.3 is 4.74 Å². The molecule has 0 amide bonds. The van der Waals surface area contributed by atoms with E-state index in [0.29, 0.717) is 37.4 Å². The number of piperidine rings is 1. The van der Waals surface area contributed by atoms with E-state index < -0.39 is 10.0 Å². The Labute approximate surface area is 153 Å². The lowest BCUT2D eigenvalue weighted by atomic mass is 9.99. The van der Waals surface area contributed by atoms with E-state index in [4.69, 9.17) is 4.74 Å². The predicted octanol–water partition coefficient (Wildman–Crippen LogP) is 2.19. The molecule has 3 fully saturated rings. The van der Waals surface area contributed by atoms with E-state index in [1.54, 1.807) is 8.82 Å². The zero-order valence-electron chi connectivity index (χ0n) is 14.7. The van der Waals surface area contributed by atoms with E-state index in [0.717, 1.165) is 37.0 Å². The fourth-order valence-corrected chi connectivity index (χ4v) is 5.52. The first-order valence-electron chi connectivity index (χ1n) is 9.58. The Hall–Kier alpha value is -1.67. The lowest BCUT2D eigenvalue weighted by Gasteiger charge is -2.31. The number of aromatic nitrogens is 3. The number of nitrogens with zero attached hydrogens (tertiary/aromatic N) is 4. The van der Waals surface area contributed by atoms with Gasteiger partial charge in [0.2, 0.25) is 15.9 Å². The van der Waals surface area contributed by atoms with Crippen LogP contribution in [0.2, 0.25) is 0 Å². The highest BCUT2D eigenvalue weighted by Gasteiger charge is 2.41. The van der Waals surface area contributed by atoms with Crippen molar-refractivity contribution in [2.75, 3.05) is 19.7 Å². The molecule has 140 valence electrons. The molecule has 3 aliphatic rings. The van der Waals surface area contributed by atoms with Crippen molar-refractivity contribution >= 4 is 15.7 Å². The summed E-state index contributed by atoms with van der Waals surface area (Å²) in [4.78, 5) is 4.60. The minimum absolute atomic E-state index is 0.109. The molecule has 2 saturated carbocycles. The summed E-state index contributed by atoms with van der Waals surface area (Å²) in [5.74, 6) is 1.59. The quantitative estimate of drug-likeness (QED) is 0.772. The maximum absolute atomic E-state index is 12.3. The second-order valence-electron chi connectivity index (χ2n) is 7.81. The number of rotatable bonds is 6. The standard InChI is InChI=1S/C18H24N4O3S/c23-26(24,15-3-4-15)21-9-7-13(8-10-21)12-25-18-6-5-17-19-16(14-1-2-14)11-22(17)20-18/h5-6,11,13-15H,1-4,7-10,12H2. The first-order valence-corrected chi connectivity index (χ1v) is 11.1. The first kappa shape index (κ1) is 16.5. The van der Waals surface area contributed by atoms with Gasteiger partial charge >= 0.3 is 0 Å². The third kappa shape index (κ3) is 3.20. The molecular weight excluding hydrogens is 352 g/mol. The van der Waals surface area contributed by atoms with Gasteiger partial charge in [0, 0.05) is 25.1 Å². The maximum Gasteiger partial charge on any atom is 0.231 e. The summed E-state index contributed by atoms with van der Waals surface area (Å²) in [6.45, 7) is 1.82. The third-order valence-electron chi connectivity index (χ3n) is 5.66. The van der Waals surface area contributed by atoms with Gasteiger partial charge in [0.05, 0.1) is 23.7 Å². The first-order chi connectivity index (χ1) is 12.6. The summed E-state index contributed by atoms with van der Waals surface area (Å²) in [6, 6.07) is 3.81. The van der Waals surface area contributed by atoms with Crippen LogP contribution in [0.3, 0.4) is 0 Å². The van der Waals surface area contributed by atoms with Gasteiger partial charge in [-0.2, -0.15) is 0 Å². The summed E-state index contributed by atoms with van der Waals surface area (Å²) in [5, 5.41) is 4.39. The zero-order chi connectivity index (χ0) is 17.7. The van der Waals surface area contributed by atoms with Gasteiger partial charge in [0.1, 0.15) is 0 Å². The summed E-state index contributed by atoms with van der Waals surface area (Å²) in [5.41, 5.74) is 1.98. The van der Waals surface area contributed by atoms with Crippen LogP contribution in [-0.2, 0) is 10.0 Å². The SMILES string of the molecule is O=S(=O)(C1CC1)N1CCC(COc2ccc3nc(C4CC4)cn3n2)CC1. The van der Waals surface area contributed by atoms with E-state index in [1.165, 1.54) is 12.8 Å². The highest BCUT2D eigenvalue weighted by molar-refractivity contribution is 7.90. The summed E-state index contributed by atoms with van der Waals surface area (Å²) < 4.78 is 33.9. The lowest BCUT2D eigenvalue weighted by molar-refractivity contribution is 0.179. The molecule has 0 unspecified atom stereocenters. The highest BCUT2D eigenvalue weighted by Crippen LogP contribution is 2.39. The van der Waals surface area contributed by atoms with Gasteiger partial charge in [-0.1, -0.05) is 0 Å². The Balaban J connectivity index is 1.17. The number of sulfonamides is 1. The number of fused-ring (bicyclic) bond motifs is 1. The molecule has 8 heteroatoms. The molecule has 0 aromatic carbocycles. The Kier molecular flexibility index (Phi) is 3.93. The lowest BCUT2D eigenvalue weighted by Crippen LogP contribution is -2.41. The fraction of sp³-hybridized carbons (Fsp3) is 0.667. The van der Waals surface area contributed by atoms with Gasteiger partial charge in [0.15, 0.2) is 5.65 Å². The second kappa shape index (κ2) is 6.20. The Morgan fingerprint density at radius 3 is 2.54 bits per heavy atom. The zero-order valence-corrected chi connectivity index (χ0v) is 15.6. The molecule has 3 heterocycles. The van der Waals surface area contributed by atoms with Crippen molar-refractivity contribution in [1.82, 2.24) is 18.9 Å². The fourth-order valence-electron chi connectivity index (χ4n) is 3.65. The van der Waals surface area contributed by atoms with E-state index in [-0.39, 0.29) is 5.25 Å². The average Bonchev–Trinajstić information content (AvgIpc) is 3.55. The molecule has 0 radical (unpaired) electrons. The van der Waals surface area contributed by atoms with Gasteiger partial charge in [-0.3, -0.25) is 0 Å². The molecule has 1 saturated heterocycles. The molecule has 26 heavy (non-hydrogen) atoms. The van der Waals surface area contributed by atoms with Gasteiger partial charge in [-0.25, -0.2) is 22.2 Å². The van der Waals surface area contributed by atoms with Gasteiger partial charge in [0.25, 0.3) is 0 Å². The van der Waals surface area contributed by atoms with E-state index >= 15 is 0 Å². The number of ether oxygens (including phenoxy) is 1. The smallest absolute Gasteiger partial charge is 0.231 e. The topological polar surface area (TPSA) is 76.8 Å². The van der Waals surface area contributed by atoms with Crippen LogP contribution in [0.15, 0.2) is 18.3 Å². The molecule has 2 aliphatic carbocycles. The summed E-state index contributed by atoms with van der Waals surface area (Å²) >= 11 is 0. The summed E-state index contributed by atoms with van der Waals surface area (Å²) in [7, 11) is -3.03. The Morgan fingerprint density at radius 1 is 1.08 bits per heavy atom. The minimum Gasteiger partial charge on any atom is -0.476 e. The molecule has 2 aromatic rings. The molecule has 7 nitrogen and oxygen atoms in total. The van der Waals surface area contributed by atoms with Crippen LogP contribution >= 0.6 is 0 Å². The average molecular weight is 376 g/mol. The van der Waals surface area contributed by atoms with Crippen LogP contribution in [0.25, 0.3) is 5.65 Å². The molecule has 0 atom stereocenters. The largest absolute Gasteiger partial charge is 0.476 e. The molecule has 5 rings (SSSR count). The van der Waals surface area contributed by atoms with E-state index in [9.17, 15) is 8.42 Å². The maximum atomic E-state index is 12.3. The normalized spacial score (nSPS) is 22.8. The van der Waals surface area contributed by atoms with Gasteiger partial charge in [-0.15, -0.1) is 5.10 Å². The molecule has 2 aromatic heterocycles. The monoisotopic (exact) mass is 376 g/mol. The predicted molar refractivity (Wildman–Crippen MR) is 96.7 cm³/mol. The van der Waals surface area contributed by atoms with Crippen LogP contribution in [0.1, 0.15) is 50.1 Å². The molecular formula is C18H24N4O3S. The number of hydrogen-bond donors (Lipinski definition) is 0. The Morgan fingerprint density at radius 2 is 1.85 bits per heavy atom. The number of hydrogen-bond acceptors (Lipinski definition) is 5. The molecule has 0 spiro atoms. The van der Waals surface area contributed by atoms with Crippen molar-refractivity contribution < 1.29 is 13.2 Å². The Bertz CT molecular complexity index is 910. The minimum atomic E-state index is -3.03. The van der Waals surface area contributed by atoms with Crippen LogP contribution < -0.4 is 4.74 Å². The van der Waals surface area contributed by atoms with Crippen LogP contribution in [0.4, 0.5) is 0 Å². The van der Waals surface area contributed by atoms with Crippen molar-refractivity contribution in [2.24, 2.45) is 5.92 Å². The van der Waals surface area contributed by atoms with Crippen LogP contribution in [-0.4, -0.2) is 52.3 Å². The van der Waals surface area contributed by atoms with Crippen LogP contribution in [0.5, 0.6) is 5.88 Å². The van der Waals surface area contributed by atoms with E-state index in [2.05, 4.69) is 10.1 Å². The third-order valence-corrected chi connectivity index (χ3v) is 8.05. The highest BCUT2D eigenvalue weighted by atomic mass is 32.2. The van der Waals surface area contributed by atoms with Crippen molar-refractivity contribution in [2.45, 2.75) is 49.7 Å². The van der Waals surface area contributed by atoms with Crippen molar-refractivity contribution in [3.05, 3.63) is 24.0 Å².